The summed E-state index contributed by atoms with van der Waals surface area (Å²) in [5.74, 6) is 1.27. The lowest BCUT2D eigenvalue weighted by molar-refractivity contribution is 0.204. The number of hydrogen-bond donors (Lipinski definition) is 1. The summed E-state index contributed by atoms with van der Waals surface area (Å²) in [5, 5.41) is 4.12. The fourth-order valence-electron chi connectivity index (χ4n) is 2.49. The van der Waals surface area contributed by atoms with E-state index in [4.69, 9.17) is 0 Å². The zero-order valence-corrected chi connectivity index (χ0v) is 13.2. The van der Waals surface area contributed by atoms with Crippen molar-refractivity contribution in [3.63, 3.8) is 0 Å². The van der Waals surface area contributed by atoms with Crippen molar-refractivity contribution >= 4 is 11.8 Å². The Morgan fingerprint density at radius 2 is 1.89 bits per heavy atom. The number of benzene rings is 1. The zero-order valence-electron chi connectivity index (χ0n) is 12.4. The van der Waals surface area contributed by atoms with Crippen LogP contribution in [0, 0.1) is 0 Å². The fraction of sp³-hybridized carbons (Fsp3) is 0.625. The van der Waals surface area contributed by atoms with E-state index in [2.05, 4.69) is 67.0 Å². The maximum absolute atomic E-state index is 3.37. The first-order chi connectivity index (χ1) is 9.20. The Balaban J connectivity index is 1.91. The Hall–Kier alpha value is -0.510. The molecule has 1 aliphatic rings. The highest BCUT2D eigenvalue weighted by atomic mass is 32.2. The lowest BCUT2D eigenvalue weighted by Gasteiger charge is -2.37. The van der Waals surface area contributed by atoms with E-state index in [0.717, 1.165) is 24.9 Å². The van der Waals surface area contributed by atoms with Crippen LogP contribution in [0.15, 0.2) is 24.3 Å². The third-order valence-electron chi connectivity index (χ3n) is 4.00. The van der Waals surface area contributed by atoms with E-state index in [9.17, 15) is 0 Å². The van der Waals surface area contributed by atoms with Crippen LogP contribution in [0.3, 0.4) is 0 Å². The van der Waals surface area contributed by atoms with E-state index in [1.165, 1.54) is 23.4 Å². The van der Waals surface area contributed by atoms with E-state index >= 15 is 0 Å². The maximum atomic E-state index is 3.37. The Kier molecular flexibility index (Phi) is 5.74. The van der Waals surface area contributed by atoms with Gasteiger partial charge in [-0.3, -0.25) is 4.90 Å². The molecule has 19 heavy (non-hydrogen) atoms. The average molecular weight is 278 g/mol. The molecule has 1 aliphatic heterocycles. The number of nitrogens with one attached hydrogen (secondary N) is 1. The minimum absolute atomic E-state index is 0.681. The summed E-state index contributed by atoms with van der Waals surface area (Å²) in [6.07, 6.45) is 0. The topological polar surface area (TPSA) is 15.3 Å². The first-order valence-corrected chi connectivity index (χ1v) is 8.39. The second-order valence-corrected chi connectivity index (χ2v) is 6.87. The van der Waals surface area contributed by atoms with E-state index in [1.807, 2.05) is 0 Å². The van der Waals surface area contributed by atoms with Crippen molar-refractivity contribution in [2.75, 3.05) is 18.8 Å². The molecule has 1 heterocycles. The molecule has 1 fully saturated rings. The minimum Gasteiger partial charge on any atom is -0.313 e. The summed E-state index contributed by atoms with van der Waals surface area (Å²) in [7, 11) is 0. The van der Waals surface area contributed by atoms with Crippen LogP contribution in [-0.2, 0) is 13.1 Å². The molecule has 0 bridgehead atoms. The molecule has 1 aromatic rings. The molecule has 106 valence electrons. The molecule has 2 unspecified atom stereocenters. The average Bonchev–Trinajstić information content (AvgIpc) is 2.43. The predicted molar refractivity (Wildman–Crippen MR) is 85.6 cm³/mol. The third kappa shape index (κ3) is 4.23. The quantitative estimate of drug-likeness (QED) is 0.891. The smallest absolute Gasteiger partial charge is 0.0237 e. The van der Waals surface area contributed by atoms with Crippen molar-refractivity contribution < 1.29 is 0 Å². The van der Waals surface area contributed by atoms with Crippen LogP contribution >= 0.6 is 11.8 Å². The van der Waals surface area contributed by atoms with Gasteiger partial charge in [0.25, 0.3) is 0 Å². The number of thioether (sulfide) groups is 1. The molecular weight excluding hydrogens is 252 g/mol. The van der Waals surface area contributed by atoms with Crippen LogP contribution in [0.2, 0.25) is 0 Å². The second-order valence-electron chi connectivity index (χ2n) is 5.38. The van der Waals surface area contributed by atoms with Crippen molar-refractivity contribution in [2.24, 2.45) is 0 Å². The molecule has 1 saturated heterocycles. The van der Waals surface area contributed by atoms with E-state index in [-0.39, 0.29) is 0 Å². The Morgan fingerprint density at radius 1 is 1.21 bits per heavy atom. The summed E-state index contributed by atoms with van der Waals surface area (Å²) < 4.78 is 0. The van der Waals surface area contributed by atoms with Gasteiger partial charge >= 0.3 is 0 Å². The molecule has 2 nitrogen and oxygen atoms in total. The molecule has 0 aliphatic carbocycles. The lowest BCUT2D eigenvalue weighted by atomic mass is 10.1. The maximum Gasteiger partial charge on any atom is 0.0237 e. The molecule has 0 spiro atoms. The van der Waals surface area contributed by atoms with Gasteiger partial charge in [-0.1, -0.05) is 38.1 Å². The largest absolute Gasteiger partial charge is 0.313 e. The number of nitrogens with zero attached hydrogens (tertiary/aromatic N) is 1. The lowest BCUT2D eigenvalue weighted by Crippen LogP contribution is -2.43. The summed E-state index contributed by atoms with van der Waals surface area (Å²) in [6.45, 7) is 11.2. The van der Waals surface area contributed by atoms with E-state index < -0.39 is 0 Å². The highest BCUT2D eigenvalue weighted by Gasteiger charge is 2.24. The molecule has 1 aromatic carbocycles. The molecule has 0 amide bonds. The van der Waals surface area contributed by atoms with Crippen LogP contribution in [0.1, 0.15) is 31.9 Å². The van der Waals surface area contributed by atoms with Gasteiger partial charge in [0.05, 0.1) is 0 Å². The number of hydrogen-bond acceptors (Lipinski definition) is 3. The second kappa shape index (κ2) is 7.32. The summed E-state index contributed by atoms with van der Waals surface area (Å²) in [5.41, 5.74) is 2.81. The molecule has 0 radical (unpaired) electrons. The number of rotatable bonds is 5. The van der Waals surface area contributed by atoms with Crippen LogP contribution in [-0.4, -0.2) is 35.0 Å². The van der Waals surface area contributed by atoms with Crippen LogP contribution < -0.4 is 5.32 Å². The van der Waals surface area contributed by atoms with Gasteiger partial charge < -0.3 is 5.32 Å². The van der Waals surface area contributed by atoms with Gasteiger partial charge in [-0.05, 0) is 24.6 Å². The SMILES string of the molecule is CCNCc1ccc(CN2CCSC(C)C2C)cc1. The van der Waals surface area contributed by atoms with Crippen LogP contribution in [0.25, 0.3) is 0 Å². The Labute approximate surface area is 122 Å². The monoisotopic (exact) mass is 278 g/mol. The van der Waals surface area contributed by atoms with E-state index in [0.29, 0.717) is 6.04 Å². The minimum atomic E-state index is 0.681. The van der Waals surface area contributed by atoms with Crippen molar-refractivity contribution in [3.8, 4) is 0 Å². The predicted octanol–water partition coefficient (Wildman–Crippen LogP) is 3.12. The molecule has 0 aromatic heterocycles. The van der Waals surface area contributed by atoms with Crippen molar-refractivity contribution in [1.29, 1.82) is 0 Å². The summed E-state index contributed by atoms with van der Waals surface area (Å²) in [4.78, 5) is 2.61. The van der Waals surface area contributed by atoms with Gasteiger partial charge in [0.1, 0.15) is 0 Å². The van der Waals surface area contributed by atoms with Crippen molar-refractivity contribution in [1.82, 2.24) is 10.2 Å². The van der Waals surface area contributed by atoms with Gasteiger partial charge in [-0.25, -0.2) is 0 Å². The van der Waals surface area contributed by atoms with Gasteiger partial charge in [-0.2, -0.15) is 11.8 Å². The van der Waals surface area contributed by atoms with Gasteiger partial charge in [0.15, 0.2) is 0 Å². The van der Waals surface area contributed by atoms with Gasteiger partial charge in [-0.15, -0.1) is 0 Å². The van der Waals surface area contributed by atoms with Gasteiger partial charge in [0, 0.05) is 36.7 Å². The molecule has 1 N–H and O–H groups in total. The standard InChI is InChI=1S/C16H26N2S/c1-4-17-11-15-5-7-16(8-6-15)12-18-9-10-19-14(3)13(18)2/h5-8,13-14,17H,4,9-12H2,1-3H3. The van der Waals surface area contributed by atoms with Crippen LogP contribution in [0.5, 0.6) is 0 Å². The van der Waals surface area contributed by atoms with Crippen molar-refractivity contribution in [2.45, 2.75) is 45.2 Å². The highest BCUT2D eigenvalue weighted by molar-refractivity contribution is 8.00. The third-order valence-corrected chi connectivity index (χ3v) is 5.34. The highest BCUT2D eigenvalue weighted by Crippen LogP contribution is 2.25. The Bertz CT molecular complexity index is 377. The van der Waals surface area contributed by atoms with Crippen molar-refractivity contribution in [3.05, 3.63) is 35.4 Å². The molecule has 3 heteroatoms. The summed E-state index contributed by atoms with van der Waals surface area (Å²) >= 11 is 2.10. The molecule has 2 rings (SSSR count). The molecule has 2 atom stereocenters. The zero-order chi connectivity index (χ0) is 13.7. The van der Waals surface area contributed by atoms with Crippen LogP contribution in [0.4, 0.5) is 0 Å². The first-order valence-electron chi connectivity index (χ1n) is 7.35. The van der Waals surface area contributed by atoms with E-state index in [1.54, 1.807) is 0 Å². The molecular formula is C16H26N2S. The first kappa shape index (κ1) is 14.9. The normalized spacial score (nSPS) is 24.6. The summed E-state index contributed by atoms with van der Waals surface area (Å²) in [6, 6.07) is 9.76. The molecule has 0 saturated carbocycles. The van der Waals surface area contributed by atoms with Gasteiger partial charge in [0.2, 0.25) is 0 Å². The fourth-order valence-corrected chi connectivity index (χ4v) is 3.65. The Morgan fingerprint density at radius 3 is 2.58 bits per heavy atom.